The zero-order chi connectivity index (χ0) is 12.4. The molecule has 1 amide bonds. The molecule has 2 N–H and O–H groups in total. The van der Waals surface area contributed by atoms with Crippen molar-refractivity contribution in [2.45, 2.75) is 44.8 Å². The van der Waals surface area contributed by atoms with Crippen LogP contribution in [0.3, 0.4) is 0 Å². The molecule has 16 heavy (non-hydrogen) atoms. The topological polar surface area (TPSA) is 70.0 Å². The molecular formula is C11H21NO4. The quantitative estimate of drug-likeness (QED) is 0.735. The highest BCUT2D eigenvalue weighted by Gasteiger charge is 2.44. The fourth-order valence-electron chi connectivity index (χ4n) is 1.92. The zero-order valence-electron chi connectivity index (χ0n) is 10.2. The van der Waals surface area contributed by atoms with Gasteiger partial charge in [-0.3, -0.25) is 4.90 Å². The molecule has 0 bridgehead atoms. The maximum Gasteiger partial charge on any atom is 0.410 e. The van der Waals surface area contributed by atoms with Crippen LogP contribution in [0, 0.1) is 0 Å². The van der Waals surface area contributed by atoms with E-state index in [0.29, 0.717) is 13.0 Å². The number of carbonyl (C=O) groups excluding carboxylic acids is 1. The smallest absolute Gasteiger partial charge is 0.410 e. The number of aliphatic hydroxyl groups excluding tert-OH is 2. The Morgan fingerprint density at radius 3 is 2.38 bits per heavy atom. The fraction of sp³-hybridized carbons (Fsp3) is 0.909. The normalized spacial score (nSPS) is 19.9. The van der Waals surface area contributed by atoms with Crippen LogP contribution in [-0.4, -0.2) is 52.1 Å². The molecule has 0 atom stereocenters. The number of amides is 1. The minimum Gasteiger partial charge on any atom is -0.444 e. The van der Waals surface area contributed by atoms with E-state index in [-0.39, 0.29) is 13.2 Å². The summed E-state index contributed by atoms with van der Waals surface area (Å²) in [5.41, 5.74) is -1.40. The molecule has 5 heteroatoms. The highest BCUT2D eigenvalue weighted by molar-refractivity contribution is 5.69. The van der Waals surface area contributed by atoms with Crippen LogP contribution in [0.4, 0.5) is 4.79 Å². The lowest BCUT2D eigenvalue weighted by atomic mass is 9.99. The van der Waals surface area contributed by atoms with Gasteiger partial charge in [-0.2, -0.15) is 0 Å². The van der Waals surface area contributed by atoms with Crippen molar-refractivity contribution in [2.24, 2.45) is 0 Å². The van der Waals surface area contributed by atoms with Gasteiger partial charge in [0.15, 0.2) is 0 Å². The van der Waals surface area contributed by atoms with Gasteiger partial charge in [0.25, 0.3) is 0 Å². The predicted molar refractivity (Wildman–Crippen MR) is 59.1 cm³/mol. The average Bonchev–Trinajstić information content (AvgIpc) is 2.59. The van der Waals surface area contributed by atoms with E-state index in [9.17, 15) is 15.0 Å². The Kier molecular flexibility index (Phi) is 3.80. The van der Waals surface area contributed by atoms with Crippen LogP contribution < -0.4 is 0 Å². The van der Waals surface area contributed by atoms with E-state index in [1.165, 1.54) is 4.90 Å². The number of rotatable bonds is 2. The summed E-state index contributed by atoms with van der Waals surface area (Å²) < 4.78 is 5.25. The van der Waals surface area contributed by atoms with Gasteiger partial charge < -0.3 is 14.9 Å². The van der Waals surface area contributed by atoms with Gasteiger partial charge in [0.2, 0.25) is 0 Å². The van der Waals surface area contributed by atoms with Crippen LogP contribution in [0.25, 0.3) is 0 Å². The standard InChI is InChI=1S/C11H21NO4/c1-10(2,3)16-9(15)12-6-4-5-11(12,7-13)8-14/h13-14H,4-8H2,1-3H3. The van der Waals surface area contributed by atoms with Gasteiger partial charge in [0.05, 0.1) is 18.8 Å². The molecule has 0 aromatic carbocycles. The largest absolute Gasteiger partial charge is 0.444 e. The summed E-state index contributed by atoms with van der Waals surface area (Å²) in [6.07, 6.45) is 0.924. The Balaban J connectivity index is 2.75. The van der Waals surface area contributed by atoms with Crippen molar-refractivity contribution < 1.29 is 19.7 Å². The number of carbonyl (C=O) groups is 1. The van der Waals surface area contributed by atoms with Gasteiger partial charge in [-0.25, -0.2) is 4.79 Å². The third kappa shape index (κ3) is 2.65. The highest BCUT2D eigenvalue weighted by Crippen LogP contribution is 2.30. The summed E-state index contributed by atoms with van der Waals surface area (Å²) in [6.45, 7) is 5.43. The minimum atomic E-state index is -0.845. The van der Waals surface area contributed by atoms with Crippen molar-refractivity contribution in [3.8, 4) is 0 Å². The van der Waals surface area contributed by atoms with E-state index in [2.05, 4.69) is 0 Å². The summed E-state index contributed by atoms with van der Waals surface area (Å²) in [7, 11) is 0. The van der Waals surface area contributed by atoms with Crippen molar-refractivity contribution in [1.29, 1.82) is 0 Å². The van der Waals surface area contributed by atoms with E-state index < -0.39 is 17.2 Å². The summed E-state index contributed by atoms with van der Waals surface area (Å²) in [5.74, 6) is 0. The molecule has 1 fully saturated rings. The second-order valence-electron chi connectivity index (χ2n) is 5.28. The molecule has 0 aliphatic carbocycles. The van der Waals surface area contributed by atoms with Crippen molar-refractivity contribution in [3.63, 3.8) is 0 Å². The molecule has 0 unspecified atom stereocenters. The second-order valence-corrected chi connectivity index (χ2v) is 5.28. The molecule has 0 radical (unpaired) electrons. The summed E-state index contributed by atoms with van der Waals surface area (Å²) in [6, 6.07) is 0. The molecule has 0 aromatic rings. The summed E-state index contributed by atoms with van der Waals surface area (Å²) in [4.78, 5) is 13.3. The molecular weight excluding hydrogens is 210 g/mol. The number of hydrogen-bond donors (Lipinski definition) is 2. The SMILES string of the molecule is CC(C)(C)OC(=O)N1CCCC1(CO)CO. The minimum absolute atomic E-state index is 0.233. The summed E-state index contributed by atoms with van der Waals surface area (Å²) >= 11 is 0. The van der Waals surface area contributed by atoms with Crippen LogP contribution >= 0.6 is 0 Å². The van der Waals surface area contributed by atoms with Gasteiger partial charge in [0.1, 0.15) is 5.60 Å². The van der Waals surface area contributed by atoms with Crippen LogP contribution in [0.1, 0.15) is 33.6 Å². The second kappa shape index (κ2) is 4.59. The molecule has 0 spiro atoms. The van der Waals surface area contributed by atoms with Gasteiger partial charge >= 0.3 is 6.09 Å². The lowest BCUT2D eigenvalue weighted by Crippen LogP contribution is -2.53. The van der Waals surface area contributed by atoms with E-state index in [1.807, 2.05) is 0 Å². The maximum absolute atomic E-state index is 11.9. The monoisotopic (exact) mass is 231 g/mol. The molecule has 94 valence electrons. The Labute approximate surface area is 96.0 Å². The van der Waals surface area contributed by atoms with Crippen LogP contribution in [0.15, 0.2) is 0 Å². The molecule has 0 saturated carbocycles. The Morgan fingerprint density at radius 1 is 1.38 bits per heavy atom. The molecule has 1 rings (SSSR count). The first kappa shape index (κ1) is 13.3. The molecule has 1 saturated heterocycles. The molecule has 0 aromatic heterocycles. The lowest BCUT2D eigenvalue weighted by molar-refractivity contribution is -0.0213. The van der Waals surface area contributed by atoms with Crippen LogP contribution in [0.2, 0.25) is 0 Å². The number of ether oxygens (including phenoxy) is 1. The average molecular weight is 231 g/mol. The van der Waals surface area contributed by atoms with Gasteiger partial charge in [-0.1, -0.05) is 0 Å². The first-order valence-corrected chi connectivity index (χ1v) is 5.57. The van der Waals surface area contributed by atoms with Crippen LogP contribution in [-0.2, 0) is 4.74 Å². The van der Waals surface area contributed by atoms with Gasteiger partial charge in [-0.05, 0) is 33.6 Å². The van der Waals surface area contributed by atoms with E-state index >= 15 is 0 Å². The lowest BCUT2D eigenvalue weighted by Gasteiger charge is -2.36. The Hall–Kier alpha value is -0.810. The first-order chi connectivity index (χ1) is 7.34. The Bertz CT molecular complexity index is 255. The fourth-order valence-corrected chi connectivity index (χ4v) is 1.92. The van der Waals surface area contributed by atoms with Crippen LogP contribution in [0.5, 0.6) is 0 Å². The predicted octanol–water partition coefficient (Wildman–Crippen LogP) is 0.741. The van der Waals surface area contributed by atoms with Crippen molar-refractivity contribution in [3.05, 3.63) is 0 Å². The molecule has 1 aliphatic rings. The van der Waals surface area contributed by atoms with E-state index in [1.54, 1.807) is 20.8 Å². The number of nitrogens with zero attached hydrogens (tertiary/aromatic N) is 1. The van der Waals surface area contributed by atoms with Gasteiger partial charge in [-0.15, -0.1) is 0 Å². The molecule has 1 heterocycles. The Morgan fingerprint density at radius 2 is 1.94 bits per heavy atom. The highest BCUT2D eigenvalue weighted by atomic mass is 16.6. The first-order valence-electron chi connectivity index (χ1n) is 5.57. The molecule has 5 nitrogen and oxygen atoms in total. The molecule has 1 aliphatic heterocycles. The third-order valence-electron chi connectivity index (χ3n) is 2.80. The van der Waals surface area contributed by atoms with Crippen molar-refractivity contribution in [2.75, 3.05) is 19.8 Å². The third-order valence-corrected chi connectivity index (χ3v) is 2.80. The van der Waals surface area contributed by atoms with E-state index in [0.717, 1.165) is 6.42 Å². The summed E-state index contributed by atoms with van der Waals surface area (Å²) in [5, 5.41) is 18.6. The number of likely N-dealkylation sites (tertiary alicyclic amines) is 1. The van der Waals surface area contributed by atoms with Gasteiger partial charge in [0, 0.05) is 6.54 Å². The van der Waals surface area contributed by atoms with Crippen molar-refractivity contribution in [1.82, 2.24) is 4.90 Å². The zero-order valence-corrected chi connectivity index (χ0v) is 10.2. The number of aliphatic hydroxyl groups is 2. The van der Waals surface area contributed by atoms with E-state index in [4.69, 9.17) is 4.74 Å². The number of hydrogen-bond acceptors (Lipinski definition) is 4. The maximum atomic E-state index is 11.9. The van der Waals surface area contributed by atoms with Crippen molar-refractivity contribution >= 4 is 6.09 Å².